The zero-order valence-corrected chi connectivity index (χ0v) is 18.5. The van der Waals surface area contributed by atoms with Crippen molar-refractivity contribution in [3.63, 3.8) is 0 Å². The van der Waals surface area contributed by atoms with Gasteiger partial charge in [0.25, 0.3) is 5.91 Å². The van der Waals surface area contributed by atoms with Gasteiger partial charge in [0.15, 0.2) is 0 Å². The number of ether oxygens (including phenoxy) is 2. The standard InChI is InChI=1S/C20H20F3N3O6S/c1-10-14(18(29)31-2)17(33-15(10)19(30)32-3)26-13(27)8-24-12-7-5-4-6-11(12)16(28)25-9-20(21,22)23/h4-7,24H,8-9H2,1-3H3,(H,25,28)(H,26,27). The first-order valence-corrected chi connectivity index (χ1v) is 10.1. The molecule has 1 aromatic carbocycles. The molecule has 0 unspecified atom stereocenters. The number of methoxy groups -OCH3 is 2. The van der Waals surface area contributed by atoms with Gasteiger partial charge in [-0.2, -0.15) is 13.2 Å². The molecule has 0 aliphatic heterocycles. The summed E-state index contributed by atoms with van der Waals surface area (Å²) in [7, 11) is 2.31. The maximum atomic E-state index is 12.5. The van der Waals surface area contributed by atoms with Crippen molar-refractivity contribution in [1.82, 2.24) is 5.32 Å². The molecule has 0 atom stereocenters. The Bertz CT molecular complexity index is 1070. The second-order valence-electron chi connectivity index (χ2n) is 6.49. The van der Waals surface area contributed by atoms with Gasteiger partial charge in [-0.25, -0.2) is 9.59 Å². The number of thiophene rings is 1. The number of para-hydroxylation sites is 1. The number of rotatable bonds is 8. The summed E-state index contributed by atoms with van der Waals surface area (Å²) in [5.41, 5.74) is 0.291. The summed E-state index contributed by atoms with van der Waals surface area (Å²) in [6, 6.07) is 5.70. The van der Waals surface area contributed by atoms with E-state index in [4.69, 9.17) is 4.74 Å². The molecule has 0 radical (unpaired) electrons. The number of anilines is 2. The van der Waals surface area contributed by atoms with Crippen LogP contribution in [0.3, 0.4) is 0 Å². The number of benzene rings is 1. The Hall–Kier alpha value is -3.61. The van der Waals surface area contributed by atoms with E-state index in [9.17, 15) is 32.3 Å². The Kier molecular flexibility index (Phi) is 8.40. The van der Waals surface area contributed by atoms with Crippen molar-refractivity contribution >= 4 is 45.8 Å². The van der Waals surface area contributed by atoms with Crippen molar-refractivity contribution in [2.75, 3.05) is 37.9 Å². The topological polar surface area (TPSA) is 123 Å². The van der Waals surface area contributed by atoms with E-state index in [0.29, 0.717) is 0 Å². The minimum absolute atomic E-state index is 0.0109. The van der Waals surface area contributed by atoms with Gasteiger partial charge in [0.05, 0.1) is 31.9 Å². The van der Waals surface area contributed by atoms with Crippen LogP contribution >= 0.6 is 11.3 Å². The number of halogens is 3. The van der Waals surface area contributed by atoms with Gasteiger partial charge in [0, 0.05) is 5.69 Å². The minimum atomic E-state index is -4.57. The van der Waals surface area contributed by atoms with Gasteiger partial charge in [-0.1, -0.05) is 12.1 Å². The summed E-state index contributed by atoms with van der Waals surface area (Å²) in [5, 5.41) is 6.98. The van der Waals surface area contributed by atoms with Gasteiger partial charge < -0.3 is 25.4 Å². The van der Waals surface area contributed by atoms with Crippen LogP contribution < -0.4 is 16.0 Å². The quantitative estimate of drug-likeness (QED) is 0.489. The fourth-order valence-electron chi connectivity index (χ4n) is 2.69. The molecule has 1 heterocycles. The summed E-state index contributed by atoms with van der Waals surface area (Å²) >= 11 is 0.824. The molecule has 0 aliphatic rings. The molecule has 0 fully saturated rings. The van der Waals surface area contributed by atoms with Crippen LogP contribution in [0.1, 0.15) is 36.0 Å². The lowest BCUT2D eigenvalue weighted by atomic mass is 10.1. The summed E-state index contributed by atoms with van der Waals surface area (Å²) in [4.78, 5) is 48.7. The third-order valence-electron chi connectivity index (χ3n) is 4.22. The molecule has 178 valence electrons. The Balaban J connectivity index is 2.15. The average molecular weight is 487 g/mol. The average Bonchev–Trinajstić information content (AvgIpc) is 3.10. The summed E-state index contributed by atoms with van der Waals surface area (Å²) in [6.45, 7) is -0.398. The lowest BCUT2D eigenvalue weighted by molar-refractivity contribution is -0.123. The first kappa shape index (κ1) is 25.6. The molecule has 0 bridgehead atoms. The number of carbonyl (C=O) groups is 4. The zero-order chi connectivity index (χ0) is 24.8. The van der Waals surface area contributed by atoms with E-state index in [-0.39, 0.29) is 32.3 Å². The molecular formula is C20H20F3N3O6S. The van der Waals surface area contributed by atoms with Crippen LogP contribution in [-0.4, -0.2) is 57.2 Å². The third kappa shape index (κ3) is 6.68. The van der Waals surface area contributed by atoms with Crippen molar-refractivity contribution in [3.8, 4) is 0 Å². The number of hydrogen-bond acceptors (Lipinski definition) is 8. The third-order valence-corrected chi connectivity index (χ3v) is 5.41. The first-order valence-electron chi connectivity index (χ1n) is 9.26. The second-order valence-corrected chi connectivity index (χ2v) is 7.51. The van der Waals surface area contributed by atoms with E-state index < -0.39 is 43.0 Å². The minimum Gasteiger partial charge on any atom is -0.465 e. The molecule has 2 amide bonds. The predicted molar refractivity (Wildman–Crippen MR) is 114 cm³/mol. The van der Waals surface area contributed by atoms with Crippen molar-refractivity contribution in [1.29, 1.82) is 0 Å². The number of hydrogen-bond donors (Lipinski definition) is 3. The Labute approximate surface area is 190 Å². The van der Waals surface area contributed by atoms with Gasteiger partial charge >= 0.3 is 18.1 Å². The van der Waals surface area contributed by atoms with E-state index in [1.165, 1.54) is 38.3 Å². The molecule has 0 aliphatic carbocycles. The lowest BCUT2D eigenvalue weighted by Crippen LogP contribution is -2.34. The molecule has 1 aromatic heterocycles. The lowest BCUT2D eigenvalue weighted by Gasteiger charge is -2.13. The van der Waals surface area contributed by atoms with Crippen molar-refractivity contribution in [3.05, 3.63) is 45.8 Å². The van der Waals surface area contributed by atoms with Gasteiger partial charge in [0.1, 0.15) is 16.4 Å². The maximum absolute atomic E-state index is 12.5. The van der Waals surface area contributed by atoms with Crippen molar-refractivity contribution in [2.45, 2.75) is 13.1 Å². The number of esters is 2. The highest BCUT2D eigenvalue weighted by Crippen LogP contribution is 2.34. The normalized spacial score (nSPS) is 10.8. The Morgan fingerprint density at radius 2 is 1.67 bits per heavy atom. The molecule has 33 heavy (non-hydrogen) atoms. The van der Waals surface area contributed by atoms with Crippen LogP contribution in [0.25, 0.3) is 0 Å². The van der Waals surface area contributed by atoms with Crippen molar-refractivity contribution in [2.24, 2.45) is 0 Å². The molecule has 3 N–H and O–H groups in total. The number of amides is 2. The van der Waals surface area contributed by atoms with Gasteiger partial charge in [-0.15, -0.1) is 11.3 Å². The second kappa shape index (κ2) is 10.8. The highest BCUT2D eigenvalue weighted by atomic mass is 32.1. The van der Waals surface area contributed by atoms with Gasteiger partial charge in [-0.05, 0) is 24.6 Å². The van der Waals surface area contributed by atoms with Crippen molar-refractivity contribution < 1.29 is 41.8 Å². The van der Waals surface area contributed by atoms with E-state index in [1.807, 2.05) is 0 Å². The fraction of sp³-hybridized carbons (Fsp3) is 0.300. The van der Waals surface area contributed by atoms with E-state index in [0.717, 1.165) is 18.4 Å². The molecule has 0 saturated carbocycles. The number of carbonyl (C=O) groups excluding carboxylic acids is 4. The maximum Gasteiger partial charge on any atom is 0.405 e. The molecule has 2 aromatic rings. The fourth-order valence-corrected chi connectivity index (χ4v) is 3.82. The predicted octanol–water partition coefficient (Wildman–Crippen LogP) is 2.97. The van der Waals surface area contributed by atoms with E-state index in [1.54, 1.807) is 5.32 Å². The molecule has 13 heteroatoms. The Morgan fingerprint density at radius 3 is 2.27 bits per heavy atom. The monoisotopic (exact) mass is 487 g/mol. The van der Waals surface area contributed by atoms with Crippen LogP contribution in [-0.2, 0) is 14.3 Å². The SMILES string of the molecule is COC(=O)c1sc(NC(=O)CNc2ccccc2C(=O)NCC(F)(F)F)c(C(=O)OC)c1C. The van der Waals surface area contributed by atoms with Crippen LogP contribution in [0, 0.1) is 6.92 Å². The number of nitrogens with one attached hydrogen (secondary N) is 3. The van der Waals surface area contributed by atoms with E-state index in [2.05, 4.69) is 15.4 Å². The summed E-state index contributed by atoms with van der Waals surface area (Å²) in [6.07, 6.45) is -4.57. The smallest absolute Gasteiger partial charge is 0.405 e. The summed E-state index contributed by atoms with van der Waals surface area (Å²) in [5.74, 6) is -3.09. The van der Waals surface area contributed by atoms with Crippen LogP contribution in [0.5, 0.6) is 0 Å². The van der Waals surface area contributed by atoms with Crippen LogP contribution in [0.4, 0.5) is 23.9 Å². The number of alkyl halides is 3. The highest BCUT2D eigenvalue weighted by molar-refractivity contribution is 7.18. The Morgan fingerprint density at radius 1 is 1.03 bits per heavy atom. The van der Waals surface area contributed by atoms with E-state index >= 15 is 0 Å². The first-order chi connectivity index (χ1) is 15.5. The summed E-state index contributed by atoms with van der Waals surface area (Å²) < 4.78 is 46.5. The molecule has 0 saturated heterocycles. The van der Waals surface area contributed by atoms with Gasteiger partial charge in [0.2, 0.25) is 5.91 Å². The molecular weight excluding hydrogens is 467 g/mol. The molecule has 9 nitrogen and oxygen atoms in total. The largest absolute Gasteiger partial charge is 0.465 e. The molecule has 0 spiro atoms. The van der Waals surface area contributed by atoms with Crippen LogP contribution in [0.2, 0.25) is 0 Å². The van der Waals surface area contributed by atoms with Gasteiger partial charge in [-0.3, -0.25) is 9.59 Å². The van der Waals surface area contributed by atoms with Crippen LogP contribution in [0.15, 0.2) is 24.3 Å². The zero-order valence-electron chi connectivity index (χ0n) is 17.7. The highest BCUT2D eigenvalue weighted by Gasteiger charge is 2.29. The molecule has 2 rings (SSSR count).